The lowest BCUT2D eigenvalue weighted by Crippen LogP contribution is -2.36. The smallest absolute Gasteiger partial charge is 0.173 e. The van der Waals surface area contributed by atoms with Gasteiger partial charge in [-0.05, 0) is 63.4 Å². The number of fused-ring (bicyclic) bond motifs is 1. The van der Waals surface area contributed by atoms with Gasteiger partial charge < -0.3 is 9.47 Å². The molecule has 1 aromatic heterocycles. The summed E-state index contributed by atoms with van der Waals surface area (Å²) >= 11 is 0. The predicted molar refractivity (Wildman–Crippen MR) is 125 cm³/mol. The second kappa shape index (κ2) is 9.42. The molecular formula is C26H27N5O2. The number of aromatic nitrogens is 4. The van der Waals surface area contributed by atoms with Crippen LogP contribution in [0.2, 0.25) is 0 Å². The van der Waals surface area contributed by atoms with E-state index in [2.05, 4.69) is 56.8 Å². The number of tetrazole rings is 1. The Bertz CT molecular complexity index is 1200. The molecule has 1 aliphatic rings. The van der Waals surface area contributed by atoms with Crippen LogP contribution in [0.25, 0.3) is 0 Å². The van der Waals surface area contributed by atoms with Gasteiger partial charge >= 0.3 is 0 Å². The Morgan fingerprint density at radius 3 is 2.21 bits per heavy atom. The molecule has 0 aliphatic carbocycles. The molecule has 4 aromatic rings. The third kappa shape index (κ3) is 4.45. The summed E-state index contributed by atoms with van der Waals surface area (Å²) in [7, 11) is 3.36. The van der Waals surface area contributed by atoms with Crippen LogP contribution >= 0.6 is 0 Å². The highest BCUT2D eigenvalue weighted by molar-refractivity contribution is 5.35. The van der Waals surface area contributed by atoms with Crippen LogP contribution in [0.5, 0.6) is 11.5 Å². The summed E-state index contributed by atoms with van der Waals surface area (Å²) in [6.45, 7) is 2.37. The third-order valence-electron chi connectivity index (χ3n) is 6.25. The zero-order valence-electron chi connectivity index (χ0n) is 18.9. The molecule has 0 spiro atoms. The number of hydrogen-bond donors (Lipinski definition) is 0. The van der Waals surface area contributed by atoms with Crippen molar-refractivity contribution in [1.82, 2.24) is 25.1 Å². The maximum atomic E-state index is 5.38. The van der Waals surface area contributed by atoms with Crippen LogP contribution in [0.3, 0.4) is 0 Å². The molecule has 0 N–H and O–H groups in total. The predicted octanol–water partition coefficient (Wildman–Crippen LogP) is 3.89. The van der Waals surface area contributed by atoms with Gasteiger partial charge in [-0.3, -0.25) is 4.90 Å². The Morgan fingerprint density at radius 2 is 1.52 bits per heavy atom. The van der Waals surface area contributed by atoms with Crippen LogP contribution in [0.15, 0.2) is 72.8 Å². The minimum Gasteiger partial charge on any atom is -0.497 e. The van der Waals surface area contributed by atoms with E-state index in [9.17, 15) is 0 Å². The van der Waals surface area contributed by atoms with Crippen LogP contribution in [-0.2, 0) is 19.5 Å². The first-order valence-electron chi connectivity index (χ1n) is 11.1. The minimum absolute atomic E-state index is 0.0717. The molecule has 3 aromatic carbocycles. The second-order valence-corrected chi connectivity index (χ2v) is 8.21. The molecule has 7 heteroatoms. The fourth-order valence-corrected chi connectivity index (χ4v) is 4.47. The van der Waals surface area contributed by atoms with Crippen molar-refractivity contribution in [2.75, 3.05) is 20.8 Å². The molecule has 0 radical (unpaired) electrons. The van der Waals surface area contributed by atoms with Gasteiger partial charge in [0, 0.05) is 13.1 Å². The van der Waals surface area contributed by atoms with Crippen molar-refractivity contribution >= 4 is 0 Å². The van der Waals surface area contributed by atoms with Gasteiger partial charge in [0.2, 0.25) is 0 Å². The van der Waals surface area contributed by atoms with E-state index in [0.717, 1.165) is 48.0 Å². The van der Waals surface area contributed by atoms with E-state index in [1.807, 2.05) is 41.1 Å². The van der Waals surface area contributed by atoms with Crippen molar-refractivity contribution in [2.24, 2.45) is 0 Å². The number of ether oxygens (including phenoxy) is 2. The zero-order chi connectivity index (χ0) is 22.6. The summed E-state index contributed by atoms with van der Waals surface area (Å²) in [5.41, 5.74) is 5.03. The lowest BCUT2D eigenvalue weighted by molar-refractivity contribution is 0.195. The van der Waals surface area contributed by atoms with E-state index in [0.29, 0.717) is 6.54 Å². The topological polar surface area (TPSA) is 65.3 Å². The average Bonchev–Trinajstić information content (AvgIpc) is 3.32. The molecule has 0 saturated carbocycles. The quantitative estimate of drug-likeness (QED) is 0.434. The van der Waals surface area contributed by atoms with Crippen LogP contribution in [-0.4, -0.2) is 45.9 Å². The molecule has 0 saturated heterocycles. The number of methoxy groups -OCH3 is 2. The molecule has 0 bridgehead atoms. The number of hydrogen-bond acceptors (Lipinski definition) is 6. The highest BCUT2D eigenvalue weighted by Crippen LogP contribution is 2.33. The van der Waals surface area contributed by atoms with Crippen molar-refractivity contribution in [1.29, 1.82) is 0 Å². The summed E-state index contributed by atoms with van der Waals surface area (Å²) in [5, 5.41) is 12.9. The molecule has 168 valence electrons. The summed E-state index contributed by atoms with van der Waals surface area (Å²) < 4.78 is 12.6. The molecule has 2 heterocycles. The van der Waals surface area contributed by atoms with Gasteiger partial charge in [0.25, 0.3) is 0 Å². The van der Waals surface area contributed by atoms with Crippen molar-refractivity contribution in [2.45, 2.75) is 25.6 Å². The van der Waals surface area contributed by atoms with Crippen molar-refractivity contribution in [3.05, 3.63) is 101 Å². The molecule has 5 rings (SSSR count). The van der Waals surface area contributed by atoms with E-state index in [1.165, 1.54) is 11.1 Å². The monoisotopic (exact) mass is 441 g/mol. The lowest BCUT2D eigenvalue weighted by atomic mass is 9.96. The normalized spacial score (nSPS) is 14.5. The van der Waals surface area contributed by atoms with Gasteiger partial charge in [-0.2, -0.15) is 0 Å². The van der Waals surface area contributed by atoms with Crippen molar-refractivity contribution in [3.8, 4) is 11.5 Å². The van der Waals surface area contributed by atoms with Gasteiger partial charge in [0.1, 0.15) is 11.5 Å². The first kappa shape index (κ1) is 21.2. The van der Waals surface area contributed by atoms with Gasteiger partial charge in [-0.25, -0.2) is 4.68 Å². The van der Waals surface area contributed by atoms with Crippen LogP contribution in [0.1, 0.15) is 34.1 Å². The number of rotatable bonds is 7. The fraction of sp³-hybridized carbons (Fsp3) is 0.269. The largest absolute Gasteiger partial charge is 0.497 e. The first-order chi connectivity index (χ1) is 16.2. The Hall–Kier alpha value is -3.71. The Morgan fingerprint density at radius 1 is 0.848 bits per heavy atom. The molecule has 7 nitrogen and oxygen atoms in total. The number of nitrogens with zero attached hydrogens (tertiary/aromatic N) is 5. The maximum Gasteiger partial charge on any atom is 0.173 e. The van der Waals surface area contributed by atoms with E-state index in [4.69, 9.17) is 9.47 Å². The SMILES string of the molecule is COc1ccc(Cn2nnnc2[C@@H](c2ccc(OC)cc2)N2CCc3ccccc3C2)cc1. The maximum absolute atomic E-state index is 5.38. The van der Waals surface area contributed by atoms with E-state index >= 15 is 0 Å². The fourth-order valence-electron chi connectivity index (χ4n) is 4.47. The summed E-state index contributed by atoms with van der Waals surface area (Å²) in [5.74, 6) is 2.49. The highest BCUT2D eigenvalue weighted by atomic mass is 16.5. The van der Waals surface area contributed by atoms with Crippen LogP contribution in [0, 0.1) is 0 Å². The first-order valence-corrected chi connectivity index (χ1v) is 11.1. The molecular weight excluding hydrogens is 414 g/mol. The van der Waals surface area contributed by atoms with Crippen molar-refractivity contribution < 1.29 is 9.47 Å². The van der Waals surface area contributed by atoms with Gasteiger partial charge in [0.15, 0.2) is 5.82 Å². The lowest BCUT2D eigenvalue weighted by Gasteiger charge is -2.35. The Balaban J connectivity index is 1.50. The third-order valence-corrected chi connectivity index (χ3v) is 6.25. The molecule has 0 unspecified atom stereocenters. The average molecular weight is 442 g/mol. The van der Waals surface area contributed by atoms with Gasteiger partial charge in [0.05, 0.1) is 26.8 Å². The zero-order valence-corrected chi connectivity index (χ0v) is 18.9. The Kier molecular flexibility index (Phi) is 6.04. The minimum atomic E-state index is -0.0717. The molecule has 1 aliphatic heterocycles. The van der Waals surface area contributed by atoms with Gasteiger partial charge in [-0.15, -0.1) is 5.10 Å². The second-order valence-electron chi connectivity index (χ2n) is 8.21. The molecule has 33 heavy (non-hydrogen) atoms. The van der Waals surface area contributed by atoms with E-state index in [-0.39, 0.29) is 6.04 Å². The molecule has 0 fully saturated rings. The number of benzene rings is 3. The van der Waals surface area contributed by atoms with Crippen LogP contribution < -0.4 is 9.47 Å². The van der Waals surface area contributed by atoms with E-state index < -0.39 is 0 Å². The van der Waals surface area contributed by atoms with Crippen LogP contribution in [0.4, 0.5) is 0 Å². The molecule has 1 atom stereocenters. The van der Waals surface area contributed by atoms with Crippen molar-refractivity contribution in [3.63, 3.8) is 0 Å². The molecule has 0 amide bonds. The highest BCUT2D eigenvalue weighted by Gasteiger charge is 2.30. The summed E-state index contributed by atoms with van der Waals surface area (Å²) in [6.07, 6.45) is 1.00. The van der Waals surface area contributed by atoms with E-state index in [1.54, 1.807) is 14.2 Å². The van der Waals surface area contributed by atoms with Gasteiger partial charge in [-0.1, -0.05) is 48.5 Å². The standard InChI is InChI=1S/C26H27N5O2/c1-32-23-11-7-19(8-12-23)17-31-26(27-28-29-31)25(21-9-13-24(33-2)14-10-21)30-16-15-20-5-3-4-6-22(20)18-30/h3-14,25H,15-18H2,1-2H3/t25-/m1/s1. The summed E-state index contributed by atoms with van der Waals surface area (Å²) in [6, 6.07) is 24.8. The Labute approximate surface area is 193 Å². The summed E-state index contributed by atoms with van der Waals surface area (Å²) in [4.78, 5) is 2.46.